The van der Waals surface area contributed by atoms with E-state index in [2.05, 4.69) is 20.9 Å². The van der Waals surface area contributed by atoms with Gasteiger partial charge in [-0.15, -0.1) is 10.2 Å². The van der Waals surface area contributed by atoms with Crippen LogP contribution >= 0.6 is 23.4 Å². The molecular formula is C24H20ClN5OS. The Morgan fingerprint density at radius 2 is 1.66 bits per heavy atom. The Morgan fingerprint density at radius 1 is 0.969 bits per heavy atom. The SMILES string of the molecule is O=C(NCc1ccccc1)[C@H]1Sc2nnc(-c3ccccc3)n2N[C@H]1c1ccc(Cl)cc1. The molecule has 6 nitrogen and oxygen atoms in total. The van der Waals surface area contributed by atoms with Gasteiger partial charge in [0, 0.05) is 17.1 Å². The lowest BCUT2D eigenvalue weighted by molar-refractivity contribution is -0.121. The number of hydrogen-bond acceptors (Lipinski definition) is 5. The van der Waals surface area contributed by atoms with Crippen molar-refractivity contribution in [3.05, 3.63) is 101 Å². The highest BCUT2D eigenvalue weighted by Crippen LogP contribution is 2.38. The lowest BCUT2D eigenvalue weighted by Gasteiger charge is -2.33. The normalized spacial score (nSPS) is 17.3. The molecule has 1 amide bonds. The third-order valence-electron chi connectivity index (χ3n) is 5.27. The Morgan fingerprint density at radius 3 is 2.38 bits per heavy atom. The summed E-state index contributed by atoms with van der Waals surface area (Å²) in [6, 6.07) is 27.0. The molecule has 0 saturated heterocycles. The Hall–Kier alpha value is -3.29. The monoisotopic (exact) mass is 461 g/mol. The van der Waals surface area contributed by atoms with Crippen molar-refractivity contribution in [1.29, 1.82) is 0 Å². The molecular weight excluding hydrogens is 442 g/mol. The highest BCUT2D eigenvalue weighted by molar-refractivity contribution is 8.00. The lowest BCUT2D eigenvalue weighted by atomic mass is 10.0. The summed E-state index contributed by atoms with van der Waals surface area (Å²) in [7, 11) is 0. The number of aromatic nitrogens is 3. The van der Waals surface area contributed by atoms with Gasteiger partial charge in [-0.3, -0.25) is 4.79 Å². The van der Waals surface area contributed by atoms with Crippen molar-refractivity contribution < 1.29 is 4.79 Å². The van der Waals surface area contributed by atoms with Gasteiger partial charge in [0.15, 0.2) is 5.82 Å². The summed E-state index contributed by atoms with van der Waals surface area (Å²) in [5, 5.41) is 12.6. The smallest absolute Gasteiger partial charge is 0.236 e. The Bertz CT molecular complexity index is 1210. The minimum atomic E-state index is -0.430. The molecule has 3 aromatic carbocycles. The molecule has 32 heavy (non-hydrogen) atoms. The van der Waals surface area contributed by atoms with E-state index >= 15 is 0 Å². The number of fused-ring (bicyclic) bond motifs is 1. The van der Waals surface area contributed by atoms with E-state index in [1.165, 1.54) is 11.8 Å². The first kappa shape index (κ1) is 20.6. The zero-order valence-electron chi connectivity index (χ0n) is 17.0. The van der Waals surface area contributed by atoms with Crippen LogP contribution in [0.3, 0.4) is 0 Å². The zero-order chi connectivity index (χ0) is 21.9. The molecule has 2 heterocycles. The summed E-state index contributed by atoms with van der Waals surface area (Å²) < 4.78 is 1.86. The van der Waals surface area contributed by atoms with Crippen LogP contribution in [0, 0.1) is 0 Å². The number of rotatable bonds is 5. The first-order chi connectivity index (χ1) is 15.7. The lowest BCUT2D eigenvalue weighted by Crippen LogP contribution is -2.43. The van der Waals surface area contributed by atoms with Gasteiger partial charge in [0.25, 0.3) is 0 Å². The number of carbonyl (C=O) groups is 1. The van der Waals surface area contributed by atoms with E-state index in [-0.39, 0.29) is 11.9 Å². The van der Waals surface area contributed by atoms with Crippen molar-refractivity contribution in [3.63, 3.8) is 0 Å². The van der Waals surface area contributed by atoms with Crippen molar-refractivity contribution in [2.45, 2.75) is 23.0 Å². The third-order valence-corrected chi connectivity index (χ3v) is 6.73. The number of carbonyl (C=O) groups excluding carboxylic acids is 1. The van der Waals surface area contributed by atoms with Crippen LogP contribution in [0.4, 0.5) is 0 Å². The topological polar surface area (TPSA) is 71.8 Å². The van der Waals surface area contributed by atoms with Crippen LogP contribution in [-0.4, -0.2) is 26.0 Å². The van der Waals surface area contributed by atoms with Crippen molar-refractivity contribution in [1.82, 2.24) is 20.2 Å². The Labute approximate surface area is 195 Å². The minimum Gasteiger partial charge on any atom is -0.351 e. The largest absolute Gasteiger partial charge is 0.351 e. The van der Waals surface area contributed by atoms with Gasteiger partial charge in [-0.2, -0.15) is 0 Å². The number of benzene rings is 3. The molecule has 4 aromatic rings. The van der Waals surface area contributed by atoms with Crippen molar-refractivity contribution >= 4 is 29.3 Å². The average molecular weight is 462 g/mol. The first-order valence-corrected chi connectivity index (χ1v) is 11.5. The molecule has 0 bridgehead atoms. The average Bonchev–Trinajstić information content (AvgIpc) is 3.26. The predicted octanol–water partition coefficient (Wildman–Crippen LogP) is 4.67. The molecule has 2 N–H and O–H groups in total. The number of thioether (sulfide) groups is 1. The van der Waals surface area contributed by atoms with Crippen LogP contribution in [0.15, 0.2) is 90.1 Å². The fraction of sp³-hybridized carbons (Fsp3) is 0.125. The number of nitrogens with zero attached hydrogens (tertiary/aromatic N) is 3. The van der Waals surface area contributed by atoms with E-state index in [1.54, 1.807) is 0 Å². The van der Waals surface area contributed by atoms with E-state index in [1.807, 2.05) is 89.6 Å². The summed E-state index contributed by atoms with van der Waals surface area (Å²) in [4.78, 5) is 13.3. The van der Waals surface area contributed by atoms with Gasteiger partial charge in [-0.05, 0) is 23.3 Å². The fourth-order valence-corrected chi connectivity index (χ4v) is 4.87. The number of halogens is 1. The van der Waals surface area contributed by atoms with Crippen LogP contribution in [0.1, 0.15) is 17.2 Å². The maximum absolute atomic E-state index is 13.3. The molecule has 160 valence electrons. The van der Waals surface area contributed by atoms with E-state index in [9.17, 15) is 4.79 Å². The van der Waals surface area contributed by atoms with E-state index < -0.39 is 5.25 Å². The summed E-state index contributed by atoms with van der Waals surface area (Å²) in [6.45, 7) is 0.464. The molecule has 1 aliphatic heterocycles. The van der Waals surface area contributed by atoms with E-state index in [4.69, 9.17) is 11.6 Å². The van der Waals surface area contributed by atoms with Crippen LogP contribution in [0.5, 0.6) is 0 Å². The number of hydrogen-bond donors (Lipinski definition) is 2. The number of amides is 1. The molecule has 5 rings (SSSR count). The molecule has 1 aliphatic rings. The minimum absolute atomic E-state index is 0.0678. The zero-order valence-corrected chi connectivity index (χ0v) is 18.6. The summed E-state index contributed by atoms with van der Waals surface area (Å²) in [6.07, 6.45) is 0. The molecule has 2 atom stereocenters. The van der Waals surface area contributed by atoms with Gasteiger partial charge in [0.05, 0.1) is 6.04 Å². The first-order valence-electron chi connectivity index (χ1n) is 10.2. The second-order valence-electron chi connectivity index (χ2n) is 7.41. The second kappa shape index (κ2) is 9.06. The van der Waals surface area contributed by atoms with Gasteiger partial charge in [-0.1, -0.05) is 96.2 Å². The quantitative estimate of drug-likeness (QED) is 0.451. The number of nitrogens with one attached hydrogen (secondary N) is 2. The third kappa shape index (κ3) is 4.22. The van der Waals surface area contributed by atoms with E-state index in [0.717, 1.165) is 16.7 Å². The van der Waals surface area contributed by atoms with Gasteiger partial charge < -0.3 is 10.7 Å². The van der Waals surface area contributed by atoms with E-state index in [0.29, 0.717) is 22.5 Å². The van der Waals surface area contributed by atoms with Crippen LogP contribution in [-0.2, 0) is 11.3 Å². The van der Waals surface area contributed by atoms with Crippen LogP contribution in [0.2, 0.25) is 5.02 Å². The predicted molar refractivity (Wildman–Crippen MR) is 127 cm³/mol. The molecule has 0 spiro atoms. The molecule has 0 unspecified atom stereocenters. The van der Waals surface area contributed by atoms with Gasteiger partial charge in [-0.25, -0.2) is 4.68 Å². The highest BCUT2D eigenvalue weighted by atomic mass is 35.5. The molecule has 0 fully saturated rings. The van der Waals surface area contributed by atoms with Crippen molar-refractivity contribution in [3.8, 4) is 11.4 Å². The molecule has 0 saturated carbocycles. The van der Waals surface area contributed by atoms with Crippen LogP contribution < -0.4 is 10.7 Å². The second-order valence-corrected chi connectivity index (χ2v) is 8.95. The van der Waals surface area contributed by atoms with Gasteiger partial charge >= 0.3 is 0 Å². The maximum atomic E-state index is 13.3. The summed E-state index contributed by atoms with van der Waals surface area (Å²) in [5.41, 5.74) is 6.43. The van der Waals surface area contributed by atoms with Crippen LogP contribution in [0.25, 0.3) is 11.4 Å². The molecule has 0 aliphatic carbocycles. The summed E-state index contributed by atoms with van der Waals surface area (Å²) >= 11 is 7.51. The Kier molecular flexibility index (Phi) is 5.83. The molecule has 1 aromatic heterocycles. The highest BCUT2D eigenvalue weighted by Gasteiger charge is 2.37. The van der Waals surface area contributed by atoms with Crippen molar-refractivity contribution in [2.24, 2.45) is 0 Å². The van der Waals surface area contributed by atoms with Gasteiger partial charge in [0.2, 0.25) is 11.1 Å². The maximum Gasteiger partial charge on any atom is 0.236 e. The van der Waals surface area contributed by atoms with Gasteiger partial charge in [0.1, 0.15) is 5.25 Å². The molecule has 8 heteroatoms. The fourth-order valence-electron chi connectivity index (χ4n) is 3.64. The van der Waals surface area contributed by atoms with Crippen molar-refractivity contribution in [2.75, 3.05) is 5.43 Å². The molecule has 0 radical (unpaired) electrons. The Balaban J connectivity index is 1.46. The standard InChI is InChI=1S/C24H20ClN5OS/c25-19-13-11-17(12-14-19)20-21(23(31)26-15-16-7-3-1-4-8-16)32-24-28-27-22(30(24)29-20)18-9-5-2-6-10-18/h1-14,20-21,29H,15H2,(H,26,31)/t20-,21-/m0/s1. The summed E-state index contributed by atoms with van der Waals surface area (Å²) in [5.74, 6) is 0.636.